The highest BCUT2D eigenvalue weighted by Gasteiger charge is 2.53. The zero-order chi connectivity index (χ0) is 12.7. The number of carbonyl (C=O) groups is 1. The van der Waals surface area contributed by atoms with Crippen molar-refractivity contribution in [2.75, 3.05) is 13.2 Å². The minimum atomic E-state index is -0.467. The number of alkyl carbamates (subject to hydrolysis) is 1. The maximum atomic E-state index is 11.5. The predicted molar refractivity (Wildman–Crippen MR) is 63.7 cm³/mol. The Bertz CT molecular complexity index is 314. The first-order valence-corrected chi connectivity index (χ1v) is 6.12. The summed E-state index contributed by atoms with van der Waals surface area (Å²) in [5.41, 5.74) is 5.23. The molecule has 1 aliphatic carbocycles. The van der Waals surface area contributed by atoms with Crippen LogP contribution in [-0.2, 0) is 9.47 Å². The van der Waals surface area contributed by atoms with Crippen molar-refractivity contribution in [2.24, 2.45) is 5.73 Å². The van der Waals surface area contributed by atoms with Gasteiger partial charge in [-0.05, 0) is 40.0 Å². The van der Waals surface area contributed by atoms with Gasteiger partial charge < -0.3 is 20.5 Å². The molecular weight excluding hydrogens is 220 g/mol. The van der Waals surface area contributed by atoms with Crippen molar-refractivity contribution < 1.29 is 14.3 Å². The van der Waals surface area contributed by atoms with Gasteiger partial charge in [-0.2, -0.15) is 0 Å². The third-order valence-electron chi connectivity index (χ3n) is 3.37. The molecule has 98 valence electrons. The lowest BCUT2D eigenvalue weighted by Gasteiger charge is -2.28. The standard InChI is InChI=1S/C12H22N2O3/c1-10(2,3)17-9(15)14-7-12-5-4-11(13,6-12)8-16-12/h4-8,13H2,1-3H3,(H,14,15). The first kappa shape index (κ1) is 12.6. The molecule has 1 saturated heterocycles. The molecule has 2 rings (SSSR count). The van der Waals surface area contributed by atoms with Gasteiger partial charge in [-0.3, -0.25) is 0 Å². The summed E-state index contributed by atoms with van der Waals surface area (Å²) in [6.07, 6.45) is 2.33. The van der Waals surface area contributed by atoms with E-state index >= 15 is 0 Å². The summed E-state index contributed by atoms with van der Waals surface area (Å²) in [4.78, 5) is 11.5. The van der Waals surface area contributed by atoms with E-state index in [-0.39, 0.29) is 11.1 Å². The Morgan fingerprint density at radius 3 is 2.59 bits per heavy atom. The van der Waals surface area contributed by atoms with Crippen LogP contribution in [0.1, 0.15) is 40.0 Å². The monoisotopic (exact) mass is 242 g/mol. The van der Waals surface area contributed by atoms with Gasteiger partial charge in [-0.25, -0.2) is 4.79 Å². The number of hydrogen-bond acceptors (Lipinski definition) is 4. The van der Waals surface area contributed by atoms with Crippen LogP contribution in [-0.4, -0.2) is 36.0 Å². The Labute approximate surface area is 102 Å². The molecule has 0 aromatic heterocycles. The summed E-state index contributed by atoms with van der Waals surface area (Å²) in [5.74, 6) is 0. The molecule has 0 radical (unpaired) electrons. The number of amides is 1. The summed E-state index contributed by atoms with van der Waals surface area (Å²) in [5, 5.41) is 2.78. The summed E-state index contributed by atoms with van der Waals surface area (Å²) < 4.78 is 10.9. The van der Waals surface area contributed by atoms with Gasteiger partial charge in [-0.1, -0.05) is 0 Å². The summed E-state index contributed by atoms with van der Waals surface area (Å²) >= 11 is 0. The van der Waals surface area contributed by atoms with Gasteiger partial charge in [0.25, 0.3) is 0 Å². The van der Waals surface area contributed by atoms with E-state index in [4.69, 9.17) is 15.2 Å². The Kier molecular flexibility index (Phi) is 2.86. The normalized spacial score (nSPS) is 36.0. The Morgan fingerprint density at radius 1 is 1.47 bits per heavy atom. The molecule has 2 fully saturated rings. The van der Waals surface area contributed by atoms with Crippen molar-refractivity contribution in [1.82, 2.24) is 5.32 Å². The number of hydrogen-bond donors (Lipinski definition) is 2. The summed E-state index contributed by atoms with van der Waals surface area (Å²) in [6.45, 7) is 6.62. The van der Waals surface area contributed by atoms with E-state index in [1.807, 2.05) is 20.8 Å². The molecule has 1 saturated carbocycles. The maximum Gasteiger partial charge on any atom is 0.407 e. The molecule has 1 amide bonds. The van der Waals surface area contributed by atoms with E-state index in [2.05, 4.69) is 5.32 Å². The van der Waals surface area contributed by atoms with E-state index in [9.17, 15) is 4.79 Å². The fraction of sp³-hybridized carbons (Fsp3) is 0.917. The third kappa shape index (κ3) is 2.90. The molecule has 2 aliphatic rings. The molecule has 2 unspecified atom stereocenters. The molecule has 2 bridgehead atoms. The van der Waals surface area contributed by atoms with Crippen LogP contribution in [0.15, 0.2) is 0 Å². The lowest BCUT2D eigenvalue weighted by atomic mass is 10.00. The Hall–Kier alpha value is -0.810. The summed E-state index contributed by atoms with van der Waals surface area (Å²) in [7, 11) is 0. The maximum absolute atomic E-state index is 11.5. The Balaban J connectivity index is 1.82. The van der Waals surface area contributed by atoms with Crippen LogP contribution in [0, 0.1) is 0 Å². The second-order valence-electron chi connectivity index (χ2n) is 6.37. The smallest absolute Gasteiger partial charge is 0.407 e. The third-order valence-corrected chi connectivity index (χ3v) is 3.37. The highest BCUT2D eigenvalue weighted by atomic mass is 16.6. The average Bonchev–Trinajstić information content (AvgIpc) is 2.66. The molecule has 1 heterocycles. The van der Waals surface area contributed by atoms with Gasteiger partial charge in [0.15, 0.2) is 0 Å². The Morgan fingerprint density at radius 2 is 2.18 bits per heavy atom. The lowest BCUT2D eigenvalue weighted by molar-refractivity contribution is -0.0208. The fourth-order valence-corrected chi connectivity index (χ4v) is 2.59. The van der Waals surface area contributed by atoms with Gasteiger partial charge >= 0.3 is 6.09 Å². The first-order chi connectivity index (χ1) is 7.72. The largest absolute Gasteiger partial charge is 0.444 e. The topological polar surface area (TPSA) is 73.6 Å². The zero-order valence-electron chi connectivity index (χ0n) is 10.8. The second-order valence-corrected chi connectivity index (χ2v) is 6.37. The van der Waals surface area contributed by atoms with Crippen molar-refractivity contribution >= 4 is 6.09 Å². The van der Waals surface area contributed by atoms with E-state index in [0.717, 1.165) is 19.3 Å². The van der Waals surface area contributed by atoms with Gasteiger partial charge in [0.1, 0.15) is 5.60 Å². The molecule has 0 aromatic carbocycles. The fourth-order valence-electron chi connectivity index (χ4n) is 2.59. The van der Waals surface area contributed by atoms with Gasteiger partial charge in [-0.15, -0.1) is 0 Å². The SMILES string of the molecule is CC(C)(C)OC(=O)NCC12CCC(N)(CO1)C2. The average molecular weight is 242 g/mol. The number of ether oxygens (including phenoxy) is 2. The van der Waals surface area contributed by atoms with Crippen molar-refractivity contribution in [2.45, 2.75) is 56.8 Å². The van der Waals surface area contributed by atoms with E-state index < -0.39 is 11.7 Å². The van der Waals surface area contributed by atoms with Crippen LogP contribution in [0.5, 0.6) is 0 Å². The predicted octanol–water partition coefficient (Wildman–Crippen LogP) is 1.16. The van der Waals surface area contributed by atoms with Crippen LogP contribution in [0.4, 0.5) is 4.79 Å². The molecule has 3 N–H and O–H groups in total. The first-order valence-electron chi connectivity index (χ1n) is 6.12. The number of nitrogens with one attached hydrogen (secondary N) is 1. The number of nitrogens with two attached hydrogens (primary N) is 1. The van der Waals surface area contributed by atoms with Crippen LogP contribution < -0.4 is 11.1 Å². The van der Waals surface area contributed by atoms with E-state index in [0.29, 0.717) is 13.2 Å². The van der Waals surface area contributed by atoms with Gasteiger partial charge in [0.05, 0.1) is 12.2 Å². The summed E-state index contributed by atoms with van der Waals surface area (Å²) in [6, 6.07) is 0. The van der Waals surface area contributed by atoms with Crippen LogP contribution in [0.2, 0.25) is 0 Å². The minimum absolute atomic E-state index is 0.171. The molecule has 5 nitrogen and oxygen atoms in total. The highest BCUT2D eigenvalue weighted by molar-refractivity contribution is 5.67. The number of rotatable bonds is 2. The van der Waals surface area contributed by atoms with Gasteiger partial charge in [0.2, 0.25) is 0 Å². The second kappa shape index (κ2) is 3.85. The van der Waals surface area contributed by atoms with Crippen molar-refractivity contribution in [3.05, 3.63) is 0 Å². The van der Waals surface area contributed by atoms with Crippen molar-refractivity contribution in [1.29, 1.82) is 0 Å². The van der Waals surface area contributed by atoms with Gasteiger partial charge in [0, 0.05) is 12.1 Å². The number of fused-ring (bicyclic) bond motifs is 2. The molecule has 17 heavy (non-hydrogen) atoms. The number of carbonyl (C=O) groups excluding carboxylic acids is 1. The van der Waals surface area contributed by atoms with Crippen molar-refractivity contribution in [3.8, 4) is 0 Å². The molecular formula is C12H22N2O3. The zero-order valence-corrected chi connectivity index (χ0v) is 10.8. The molecule has 0 aromatic rings. The minimum Gasteiger partial charge on any atom is -0.444 e. The highest BCUT2D eigenvalue weighted by Crippen LogP contribution is 2.45. The molecule has 5 heteroatoms. The molecule has 0 spiro atoms. The van der Waals surface area contributed by atoms with Crippen LogP contribution >= 0.6 is 0 Å². The van der Waals surface area contributed by atoms with E-state index in [1.165, 1.54) is 0 Å². The quantitative estimate of drug-likeness (QED) is 0.762. The van der Waals surface area contributed by atoms with Crippen LogP contribution in [0.3, 0.4) is 0 Å². The molecule has 2 atom stereocenters. The van der Waals surface area contributed by atoms with E-state index in [1.54, 1.807) is 0 Å². The van der Waals surface area contributed by atoms with Crippen LogP contribution in [0.25, 0.3) is 0 Å². The molecule has 1 aliphatic heterocycles. The lowest BCUT2D eigenvalue weighted by Crippen LogP contribution is -2.43. The van der Waals surface area contributed by atoms with Crippen molar-refractivity contribution in [3.63, 3.8) is 0 Å².